The lowest BCUT2D eigenvalue weighted by Crippen LogP contribution is -2.24. The van der Waals surface area contributed by atoms with Crippen molar-refractivity contribution < 1.29 is 10.0 Å². The van der Waals surface area contributed by atoms with Crippen molar-refractivity contribution in [2.24, 2.45) is 11.8 Å². The monoisotopic (exact) mass is 248 g/mol. The van der Waals surface area contributed by atoms with Crippen molar-refractivity contribution in [1.29, 1.82) is 0 Å². The molecule has 2 fully saturated rings. The van der Waals surface area contributed by atoms with E-state index in [-0.39, 0.29) is 22.6 Å². The zero-order chi connectivity index (χ0) is 12.7. The molecule has 1 aliphatic heterocycles. The highest BCUT2D eigenvalue weighted by Crippen LogP contribution is 2.41. The number of anilines is 1. The molecule has 3 unspecified atom stereocenters. The Hall–Kier alpha value is -1.62. The van der Waals surface area contributed by atoms with Gasteiger partial charge in [-0.05, 0) is 24.8 Å². The third-order valence-corrected chi connectivity index (χ3v) is 4.24. The summed E-state index contributed by atoms with van der Waals surface area (Å²) in [5.41, 5.74) is 0.844. The van der Waals surface area contributed by atoms with Gasteiger partial charge in [-0.2, -0.15) is 0 Å². The molecule has 3 rings (SSSR count). The highest BCUT2D eigenvalue weighted by Gasteiger charge is 2.42. The van der Waals surface area contributed by atoms with Gasteiger partial charge in [-0.15, -0.1) is 0 Å². The molecular formula is C13H16N2O3. The van der Waals surface area contributed by atoms with Gasteiger partial charge in [0.05, 0.1) is 11.0 Å². The van der Waals surface area contributed by atoms with Crippen molar-refractivity contribution in [3.63, 3.8) is 0 Å². The first-order valence-electron chi connectivity index (χ1n) is 6.33. The van der Waals surface area contributed by atoms with E-state index in [9.17, 15) is 15.2 Å². The fourth-order valence-corrected chi connectivity index (χ4v) is 3.32. The highest BCUT2D eigenvalue weighted by molar-refractivity contribution is 5.63. The van der Waals surface area contributed by atoms with Crippen molar-refractivity contribution in [2.75, 3.05) is 18.0 Å². The van der Waals surface area contributed by atoms with Crippen LogP contribution in [-0.4, -0.2) is 29.2 Å². The molecule has 1 N–H and O–H groups in total. The number of nitro benzene ring substituents is 1. The average molecular weight is 248 g/mol. The predicted octanol–water partition coefficient (Wildman–Crippen LogP) is 1.80. The highest BCUT2D eigenvalue weighted by atomic mass is 16.6. The lowest BCUT2D eigenvalue weighted by Gasteiger charge is -2.20. The summed E-state index contributed by atoms with van der Waals surface area (Å²) in [6.45, 7) is 1.56. The number of aliphatic hydroxyl groups is 1. The maximum Gasteiger partial charge on any atom is 0.292 e. The number of nitrogens with zero attached hydrogens (tertiary/aromatic N) is 2. The minimum atomic E-state index is -0.333. The standard InChI is InChI=1S/C13H16N2O3/c16-13-6-5-9-7-14(8-10(9)13)11-3-1-2-4-12(11)15(17)18/h1-4,9-10,13,16H,5-8H2. The van der Waals surface area contributed by atoms with Crippen molar-refractivity contribution in [3.05, 3.63) is 34.4 Å². The van der Waals surface area contributed by atoms with Crippen molar-refractivity contribution >= 4 is 11.4 Å². The predicted molar refractivity (Wildman–Crippen MR) is 67.5 cm³/mol. The summed E-state index contributed by atoms with van der Waals surface area (Å²) in [4.78, 5) is 12.7. The average Bonchev–Trinajstić information content (AvgIpc) is 2.92. The zero-order valence-electron chi connectivity index (χ0n) is 10.0. The molecule has 0 radical (unpaired) electrons. The van der Waals surface area contributed by atoms with Gasteiger partial charge in [0.2, 0.25) is 0 Å². The van der Waals surface area contributed by atoms with Crippen LogP contribution in [0.5, 0.6) is 0 Å². The summed E-state index contributed by atoms with van der Waals surface area (Å²) in [5, 5.41) is 20.9. The molecule has 3 atom stereocenters. The van der Waals surface area contributed by atoms with E-state index in [1.807, 2.05) is 6.07 Å². The van der Waals surface area contributed by atoms with Gasteiger partial charge < -0.3 is 10.0 Å². The fraction of sp³-hybridized carbons (Fsp3) is 0.538. The summed E-state index contributed by atoms with van der Waals surface area (Å²) < 4.78 is 0. The summed E-state index contributed by atoms with van der Waals surface area (Å²) in [7, 11) is 0. The molecule has 1 aromatic carbocycles. The van der Waals surface area contributed by atoms with Crippen LogP contribution in [0.25, 0.3) is 0 Å². The molecule has 0 amide bonds. The van der Waals surface area contributed by atoms with Crippen molar-refractivity contribution in [3.8, 4) is 0 Å². The lowest BCUT2D eigenvalue weighted by atomic mass is 10.00. The summed E-state index contributed by atoms with van der Waals surface area (Å²) in [6, 6.07) is 6.85. The quantitative estimate of drug-likeness (QED) is 0.640. The molecule has 5 heteroatoms. The molecule has 1 saturated heterocycles. The van der Waals surface area contributed by atoms with E-state index in [1.54, 1.807) is 18.2 Å². The van der Waals surface area contributed by atoms with Crippen LogP contribution < -0.4 is 4.90 Å². The van der Waals surface area contributed by atoms with E-state index in [1.165, 1.54) is 0 Å². The Bertz CT molecular complexity index is 477. The SMILES string of the molecule is O=[N+]([O-])c1ccccc1N1CC2CCC(O)C2C1. The smallest absolute Gasteiger partial charge is 0.292 e. The molecule has 1 aliphatic carbocycles. The number of benzene rings is 1. The second kappa shape index (κ2) is 4.24. The maximum atomic E-state index is 11.0. The maximum absolute atomic E-state index is 11.0. The summed E-state index contributed by atoms with van der Waals surface area (Å²) in [5.74, 6) is 0.768. The molecule has 1 heterocycles. The molecule has 5 nitrogen and oxygen atoms in total. The Balaban J connectivity index is 1.87. The van der Waals surface area contributed by atoms with Crippen LogP contribution in [0.3, 0.4) is 0 Å². The first kappa shape index (κ1) is 11.5. The largest absolute Gasteiger partial charge is 0.393 e. The Kier molecular flexibility index (Phi) is 2.70. The van der Waals surface area contributed by atoms with Crippen LogP contribution in [0.4, 0.5) is 11.4 Å². The molecule has 2 aliphatic rings. The van der Waals surface area contributed by atoms with Crippen LogP contribution in [0.2, 0.25) is 0 Å². The zero-order valence-corrected chi connectivity index (χ0v) is 10.0. The number of para-hydroxylation sites is 2. The minimum absolute atomic E-state index is 0.159. The van der Waals surface area contributed by atoms with Crippen molar-refractivity contribution in [1.82, 2.24) is 0 Å². The normalized spacial score (nSPS) is 30.5. The topological polar surface area (TPSA) is 66.6 Å². The van der Waals surface area contributed by atoms with Crippen LogP contribution in [0.15, 0.2) is 24.3 Å². The van der Waals surface area contributed by atoms with E-state index in [0.29, 0.717) is 11.6 Å². The third-order valence-electron chi connectivity index (χ3n) is 4.24. The Morgan fingerprint density at radius 3 is 2.78 bits per heavy atom. The first-order valence-corrected chi connectivity index (χ1v) is 6.33. The summed E-state index contributed by atoms with van der Waals surface area (Å²) >= 11 is 0. The second-order valence-corrected chi connectivity index (χ2v) is 5.22. The Morgan fingerprint density at radius 2 is 2.06 bits per heavy atom. The van der Waals surface area contributed by atoms with E-state index >= 15 is 0 Å². The first-order chi connectivity index (χ1) is 8.66. The number of fused-ring (bicyclic) bond motifs is 1. The molecule has 1 saturated carbocycles. The Morgan fingerprint density at radius 1 is 1.28 bits per heavy atom. The summed E-state index contributed by atoms with van der Waals surface area (Å²) in [6.07, 6.45) is 1.67. The van der Waals surface area contributed by atoms with E-state index in [0.717, 1.165) is 25.9 Å². The number of nitro groups is 1. The van der Waals surface area contributed by atoms with Crippen LogP contribution in [-0.2, 0) is 0 Å². The van der Waals surface area contributed by atoms with Crippen LogP contribution in [0, 0.1) is 22.0 Å². The van der Waals surface area contributed by atoms with Gasteiger partial charge >= 0.3 is 0 Å². The molecule has 1 aromatic rings. The molecule has 0 spiro atoms. The van der Waals surface area contributed by atoms with Crippen LogP contribution in [0.1, 0.15) is 12.8 Å². The van der Waals surface area contributed by atoms with Gasteiger partial charge in [0.25, 0.3) is 5.69 Å². The van der Waals surface area contributed by atoms with E-state index in [4.69, 9.17) is 0 Å². The van der Waals surface area contributed by atoms with Gasteiger partial charge in [0.15, 0.2) is 0 Å². The number of hydrogen-bond donors (Lipinski definition) is 1. The fourth-order valence-electron chi connectivity index (χ4n) is 3.32. The van der Waals surface area contributed by atoms with Crippen molar-refractivity contribution in [2.45, 2.75) is 18.9 Å². The second-order valence-electron chi connectivity index (χ2n) is 5.22. The number of rotatable bonds is 2. The van der Waals surface area contributed by atoms with Gasteiger partial charge in [0, 0.05) is 25.1 Å². The van der Waals surface area contributed by atoms with E-state index in [2.05, 4.69) is 4.90 Å². The Labute approximate surface area is 105 Å². The molecule has 0 aromatic heterocycles. The molecular weight excluding hydrogens is 232 g/mol. The van der Waals surface area contributed by atoms with Gasteiger partial charge in [-0.1, -0.05) is 12.1 Å². The number of aliphatic hydroxyl groups excluding tert-OH is 1. The van der Waals surface area contributed by atoms with Gasteiger partial charge in [-0.3, -0.25) is 10.1 Å². The molecule has 18 heavy (non-hydrogen) atoms. The van der Waals surface area contributed by atoms with Crippen LogP contribution >= 0.6 is 0 Å². The van der Waals surface area contributed by atoms with E-state index < -0.39 is 0 Å². The number of hydrogen-bond acceptors (Lipinski definition) is 4. The molecule has 0 bridgehead atoms. The van der Waals surface area contributed by atoms with Gasteiger partial charge in [0.1, 0.15) is 5.69 Å². The van der Waals surface area contributed by atoms with Gasteiger partial charge in [-0.25, -0.2) is 0 Å². The third kappa shape index (κ3) is 1.75. The molecule has 96 valence electrons. The minimum Gasteiger partial charge on any atom is -0.393 e. The lowest BCUT2D eigenvalue weighted by molar-refractivity contribution is -0.384.